The minimum atomic E-state index is -0.730. The van der Waals surface area contributed by atoms with Gasteiger partial charge in [-0.05, 0) is 17.7 Å². The van der Waals surface area contributed by atoms with E-state index in [2.05, 4.69) is 10.3 Å². The summed E-state index contributed by atoms with van der Waals surface area (Å²) in [5.41, 5.74) is 6.60. The monoisotopic (exact) mass is 261 g/mol. The Labute approximate surface area is 110 Å². The quantitative estimate of drug-likeness (QED) is 0.891. The number of anilines is 1. The average Bonchev–Trinajstić information content (AvgIpc) is 2.39. The zero-order valence-corrected chi connectivity index (χ0v) is 10.3. The molecule has 92 valence electrons. The van der Waals surface area contributed by atoms with Gasteiger partial charge in [0.1, 0.15) is 11.9 Å². The van der Waals surface area contributed by atoms with E-state index in [0.29, 0.717) is 10.8 Å². The molecule has 1 heterocycles. The van der Waals surface area contributed by atoms with Crippen LogP contribution in [-0.2, 0) is 4.79 Å². The maximum Gasteiger partial charge on any atom is 0.247 e. The van der Waals surface area contributed by atoms with Crippen molar-refractivity contribution in [1.82, 2.24) is 4.98 Å². The lowest BCUT2D eigenvalue weighted by Crippen LogP contribution is -2.28. The number of rotatable bonds is 3. The fourth-order valence-corrected chi connectivity index (χ4v) is 1.65. The van der Waals surface area contributed by atoms with Gasteiger partial charge in [0.05, 0.1) is 0 Å². The number of carbonyl (C=O) groups excluding carboxylic acids is 1. The largest absolute Gasteiger partial charge is 0.316 e. The van der Waals surface area contributed by atoms with Gasteiger partial charge >= 0.3 is 0 Å². The first-order valence-corrected chi connectivity index (χ1v) is 5.77. The van der Waals surface area contributed by atoms with Crippen LogP contribution >= 0.6 is 11.6 Å². The molecule has 0 aliphatic heterocycles. The molecule has 0 spiro atoms. The average molecular weight is 262 g/mol. The van der Waals surface area contributed by atoms with Crippen molar-refractivity contribution in [2.45, 2.75) is 6.04 Å². The summed E-state index contributed by atoms with van der Waals surface area (Å²) in [5.74, 6) is 0.0647. The van der Waals surface area contributed by atoms with Crippen molar-refractivity contribution in [2.75, 3.05) is 5.32 Å². The Kier molecular flexibility index (Phi) is 3.92. The number of halogens is 1. The van der Waals surface area contributed by atoms with Crippen molar-refractivity contribution in [3.8, 4) is 0 Å². The van der Waals surface area contributed by atoms with Crippen LogP contribution in [0.1, 0.15) is 11.6 Å². The summed E-state index contributed by atoms with van der Waals surface area (Å²) in [5, 5.41) is 3.13. The van der Waals surface area contributed by atoms with Gasteiger partial charge in [-0.3, -0.25) is 4.79 Å². The third-order valence-electron chi connectivity index (χ3n) is 2.41. The number of nitrogens with two attached hydrogens (primary N) is 1. The van der Waals surface area contributed by atoms with Crippen molar-refractivity contribution in [2.24, 2.45) is 5.73 Å². The van der Waals surface area contributed by atoms with Crippen LogP contribution in [0.2, 0.25) is 5.02 Å². The van der Waals surface area contributed by atoms with E-state index in [4.69, 9.17) is 17.3 Å². The Balaban J connectivity index is 2.09. The number of hydrogen-bond acceptors (Lipinski definition) is 3. The molecule has 0 unspecified atom stereocenters. The third kappa shape index (κ3) is 3.06. The first-order chi connectivity index (χ1) is 8.66. The van der Waals surface area contributed by atoms with Crippen LogP contribution in [0.5, 0.6) is 0 Å². The first-order valence-electron chi connectivity index (χ1n) is 5.40. The summed E-state index contributed by atoms with van der Waals surface area (Å²) < 4.78 is 0. The second kappa shape index (κ2) is 5.62. The minimum Gasteiger partial charge on any atom is -0.316 e. The number of amides is 1. The summed E-state index contributed by atoms with van der Waals surface area (Å²) >= 11 is 5.80. The highest BCUT2D eigenvalue weighted by Crippen LogP contribution is 2.15. The zero-order chi connectivity index (χ0) is 13.0. The summed E-state index contributed by atoms with van der Waals surface area (Å²) in [6, 6.07) is 11.6. The summed E-state index contributed by atoms with van der Waals surface area (Å²) in [4.78, 5) is 15.9. The predicted molar refractivity (Wildman–Crippen MR) is 71.2 cm³/mol. The van der Waals surface area contributed by atoms with Gasteiger partial charge in [0.25, 0.3) is 0 Å². The molecule has 5 heteroatoms. The first kappa shape index (κ1) is 12.5. The fraction of sp³-hybridized carbons (Fsp3) is 0.0769. The summed E-state index contributed by atoms with van der Waals surface area (Å²) in [6.45, 7) is 0. The fourth-order valence-electron chi connectivity index (χ4n) is 1.49. The van der Waals surface area contributed by atoms with Gasteiger partial charge in [-0.2, -0.15) is 0 Å². The minimum absolute atomic E-state index is 0.323. The molecule has 0 aliphatic carbocycles. The van der Waals surface area contributed by atoms with Crippen molar-refractivity contribution in [1.29, 1.82) is 0 Å². The maximum absolute atomic E-state index is 11.9. The Morgan fingerprint density at radius 3 is 2.67 bits per heavy atom. The molecule has 0 bridgehead atoms. The van der Waals surface area contributed by atoms with Crippen molar-refractivity contribution < 1.29 is 4.79 Å². The van der Waals surface area contributed by atoms with E-state index in [1.807, 2.05) is 18.2 Å². The molecule has 2 rings (SSSR count). The van der Waals surface area contributed by atoms with Crippen LogP contribution < -0.4 is 11.1 Å². The SMILES string of the molecule is N[C@@H](C(=O)Nc1cc(Cl)ccn1)c1ccccc1. The lowest BCUT2D eigenvalue weighted by Gasteiger charge is -2.11. The van der Waals surface area contributed by atoms with Crippen LogP contribution in [0.4, 0.5) is 5.82 Å². The van der Waals surface area contributed by atoms with Crippen LogP contribution in [0, 0.1) is 0 Å². The molecule has 0 radical (unpaired) electrons. The van der Waals surface area contributed by atoms with Crippen LogP contribution in [0.3, 0.4) is 0 Å². The van der Waals surface area contributed by atoms with E-state index < -0.39 is 6.04 Å². The maximum atomic E-state index is 11.9. The van der Waals surface area contributed by atoms with Crippen molar-refractivity contribution in [3.05, 3.63) is 59.2 Å². The van der Waals surface area contributed by atoms with E-state index in [-0.39, 0.29) is 5.91 Å². The van der Waals surface area contributed by atoms with E-state index in [0.717, 1.165) is 5.56 Å². The van der Waals surface area contributed by atoms with Crippen LogP contribution in [-0.4, -0.2) is 10.9 Å². The Morgan fingerprint density at radius 1 is 1.28 bits per heavy atom. The molecule has 0 fully saturated rings. The lowest BCUT2D eigenvalue weighted by molar-refractivity contribution is -0.117. The third-order valence-corrected chi connectivity index (χ3v) is 2.65. The van der Waals surface area contributed by atoms with E-state index in [1.54, 1.807) is 24.3 Å². The van der Waals surface area contributed by atoms with Crippen LogP contribution in [0.15, 0.2) is 48.7 Å². The normalized spacial score (nSPS) is 11.9. The number of pyridine rings is 1. The number of nitrogens with one attached hydrogen (secondary N) is 1. The molecule has 3 N–H and O–H groups in total. The lowest BCUT2D eigenvalue weighted by atomic mass is 10.1. The highest BCUT2D eigenvalue weighted by Gasteiger charge is 2.15. The number of benzene rings is 1. The van der Waals surface area contributed by atoms with Crippen LogP contribution in [0.25, 0.3) is 0 Å². The van der Waals surface area contributed by atoms with Gasteiger partial charge in [0.2, 0.25) is 5.91 Å². The highest BCUT2D eigenvalue weighted by molar-refractivity contribution is 6.30. The number of hydrogen-bond donors (Lipinski definition) is 2. The summed E-state index contributed by atoms with van der Waals surface area (Å²) in [6.07, 6.45) is 1.52. The molecule has 1 atom stereocenters. The van der Waals surface area contributed by atoms with E-state index >= 15 is 0 Å². The van der Waals surface area contributed by atoms with Gasteiger partial charge in [-0.15, -0.1) is 0 Å². The van der Waals surface area contributed by atoms with Gasteiger partial charge in [0.15, 0.2) is 0 Å². The topological polar surface area (TPSA) is 68.0 Å². The molecule has 4 nitrogen and oxygen atoms in total. The standard InChI is InChI=1S/C13H12ClN3O/c14-10-6-7-16-11(8-10)17-13(18)12(15)9-4-2-1-3-5-9/h1-8,12H,15H2,(H,16,17,18)/t12-/m1/s1. The molecule has 1 aromatic heterocycles. The predicted octanol–water partition coefficient (Wildman–Crippen LogP) is 2.37. The Morgan fingerprint density at radius 2 is 2.00 bits per heavy atom. The Bertz CT molecular complexity index is 545. The molecule has 18 heavy (non-hydrogen) atoms. The molecule has 1 amide bonds. The van der Waals surface area contributed by atoms with Gasteiger partial charge in [0, 0.05) is 11.2 Å². The zero-order valence-electron chi connectivity index (χ0n) is 9.51. The molecule has 2 aromatic rings. The van der Waals surface area contributed by atoms with Gasteiger partial charge in [-0.1, -0.05) is 41.9 Å². The number of aromatic nitrogens is 1. The summed E-state index contributed by atoms with van der Waals surface area (Å²) in [7, 11) is 0. The number of carbonyl (C=O) groups is 1. The van der Waals surface area contributed by atoms with E-state index in [1.165, 1.54) is 6.20 Å². The molecular formula is C13H12ClN3O. The smallest absolute Gasteiger partial charge is 0.247 e. The van der Waals surface area contributed by atoms with Crippen molar-refractivity contribution in [3.63, 3.8) is 0 Å². The Hall–Kier alpha value is -1.91. The second-order valence-electron chi connectivity index (χ2n) is 3.74. The van der Waals surface area contributed by atoms with E-state index in [9.17, 15) is 4.79 Å². The molecule has 0 saturated heterocycles. The van der Waals surface area contributed by atoms with Gasteiger partial charge in [-0.25, -0.2) is 4.98 Å². The number of nitrogens with zero attached hydrogens (tertiary/aromatic N) is 1. The molecule has 0 saturated carbocycles. The molecular weight excluding hydrogens is 250 g/mol. The molecule has 0 aliphatic rings. The second-order valence-corrected chi connectivity index (χ2v) is 4.17. The molecule has 1 aromatic carbocycles. The highest BCUT2D eigenvalue weighted by atomic mass is 35.5. The van der Waals surface area contributed by atoms with Crippen molar-refractivity contribution >= 4 is 23.3 Å². The van der Waals surface area contributed by atoms with Gasteiger partial charge < -0.3 is 11.1 Å².